The van der Waals surface area contributed by atoms with Crippen LogP contribution in [0, 0.1) is 0 Å². The predicted octanol–water partition coefficient (Wildman–Crippen LogP) is 5.51. The third-order valence-electron chi connectivity index (χ3n) is 4.48. The van der Waals surface area contributed by atoms with E-state index in [0.717, 1.165) is 11.3 Å². The fourth-order valence-electron chi connectivity index (χ4n) is 3.09. The highest BCUT2D eigenvalue weighted by Crippen LogP contribution is 2.32. The Labute approximate surface area is 189 Å². The van der Waals surface area contributed by atoms with Gasteiger partial charge in [-0.15, -0.1) is 11.8 Å². The molecule has 1 N–H and O–H groups in total. The van der Waals surface area contributed by atoms with Gasteiger partial charge in [-0.3, -0.25) is 4.79 Å². The first-order valence-electron chi connectivity index (χ1n) is 9.30. The van der Waals surface area contributed by atoms with Crippen molar-refractivity contribution in [2.75, 3.05) is 19.5 Å². The van der Waals surface area contributed by atoms with Crippen molar-refractivity contribution in [1.82, 2.24) is 5.32 Å². The number of rotatable bonds is 7. The molecule has 1 aliphatic rings. The average Bonchev–Trinajstić information content (AvgIpc) is 3.08. The van der Waals surface area contributed by atoms with Crippen LogP contribution in [-0.2, 0) is 4.79 Å². The van der Waals surface area contributed by atoms with E-state index in [1.807, 2.05) is 18.2 Å². The Morgan fingerprint density at radius 2 is 1.93 bits per heavy atom. The van der Waals surface area contributed by atoms with Crippen LogP contribution in [0.25, 0.3) is 16.8 Å². The van der Waals surface area contributed by atoms with Gasteiger partial charge in [0, 0.05) is 10.6 Å². The van der Waals surface area contributed by atoms with Gasteiger partial charge in [0.2, 0.25) is 0 Å². The standard InChI is InChI=1S/C23H19NO3S3/c1-26-19-13-15(14-21-22(25)24-23(28)30-21)9-10-18(19)27-11-12-29-20-8-4-6-16-5-2-3-7-17(16)20/h2-10,13-14H,11-12H2,1H3,(H,24,25,28). The van der Waals surface area contributed by atoms with Crippen LogP contribution in [0.4, 0.5) is 0 Å². The monoisotopic (exact) mass is 453 g/mol. The Morgan fingerprint density at radius 1 is 1.10 bits per heavy atom. The molecule has 0 spiro atoms. The van der Waals surface area contributed by atoms with Crippen LogP contribution in [0.1, 0.15) is 5.56 Å². The molecular formula is C23H19NO3S3. The molecule has 0 radical (unpaired) electrons. The number of nitrogens with one attached hydrogen (secondary N) is 1. The Balaban J connectivity index is 1.39. The summed E-state index contributed by atoms with van der Waals surface area (Å²) in [7, 11) is 1.61. The second kappa shape index (κ2) is 9.55. The fourth-order valence-corrected chi connectivity index (χ4v) is 5.04. The summed E-state index contributed by atoms with van der Waals surface area (Å²) in [5.74, 6) is 1.95. The molecule has 1 aliphatic heterocycles. The number of methoxy groups -OCH3 is 1. The summed E-state index contributed by atoms with van der Waals surface area (Å²) in [6, 6.07) is 20.3. The number of hydrogen-bond acceptors (Lipinski definition) is 6. The minimum Gasteiger partial charge on any atom is -0.493 e. The first kappa shape index (κ1) is 20.8. The van der Waals surface area contributed by atoms with Gasteiger partial charge in [0.25, 0.3) is 5.91 Å². The van der Waals surface area contributed by atoms with Crippen molar-refractivity contribution < 1.29 is 14.3 Å². The van der Waals surface area contributed by atoms with E-state index in [2.05, 4.69) is 47.8 Å². The number of ether oxygens (including phenoxy) is 2. The number of hydrogen-bond donors (Lipinski definition) is 1. The number of carbonyl (C=O) groups excluding carboxylic acids is 1. The molecule has 1 amide bonds. The lowest BCUT2D eigenvalue weighted by Crippen LogP contribution is -2.17. The van der Waals surface area contributed by atoms with Crippen molar-refractivity contribution in [2.45, 2.75) is 4.90 Å². The van der Waals surface area contributed by atoms with E-state index in [4.69, 9.17) is 21.7 Å². The lowest BCUT2D eigenvalue weighted by molar-refractivity contribution is -0.115. The summed E-state index contributed by atoms with van der Waals surface area (Å²) in [5.41, 5.74) is 0.853. The van der Waals surface area contributed by atoms with Crippen molar-refractivity contribution in [3.05, 3.63) is 71.1 Å². The van der Waals surface area contributed by atoms with E-state index in [1.54, 1.807) is 24.9 Å². The molecule has 4 nitrogen and oxygen atoms in total. The molecule has 1 fully saturated rings. The normalized spacial score (nSPS) is 14.9. The molecule has 3 aromatic carbocycles. The molecule has 3 aromatic rings. The molecule has 1 heterocycles. The van der Waals surface area contributed by atoms with E-state index in [1.165, 1.54) is 27.4 Å². The third-order valence-corrected chi connectivity index (χ3v) is 6.68. The van der Waals surface area contributed by atoms with Gasteiger partial charge in [-0.1, -0.05) is 66.4 Å². The van der Waals surface area contributed by atoms with Gasteiger partial charge in [0.1, 0.15) is 4.32 Å². The van der Waals surface area contributed by atoms with Gasteiger partial charge in [-0.2, -0.15) is 0 Å². The zero-order chi connectivity index (χ0) is 20.9. The number of thiocarbonyl (C=S) groups is 1. The van der Waals surface area contributed by atoms with Crippen LogP contribution in [0.2, 0.25) is 0 Å². The SMILES string of the molecule is COc1cc(C=C2SC(=S)NC2=O)ccc1OCCSc1cccc2ccccc12. The largest absolute Gasteiger partial charge is 0.493 e. The third kappa shape index (κ3) is 4.80. The van der Waals surface area contributed by atoms with E-state index in [0.29, 0.717) is 27.3 Å². The summed E-state index contributed by atoms with van der Waals surface area (Å²) in [6.07, 6.45) is 1.79. The maximum atomic E-state index is 11.8. The molecule has 0 aliphatic carbocycles. The van der Waals surface area contributed by atoms with E-state index >= 15 is 0 Å². The van der Waals surface area contributed by atoms with Crippen molar-refractivity contribution in [3.8, 4) is 11.5 Å². The zero-order valence-electron chi connectivity index (χ0n) is 16.2. The van der Waals surface area contributed by atoms with Crippen LogP contribution in [0.15, 0.2) is 70.5 Å². The van der Waals surface area contributed by atoms with Crippen LogP contribution in [0.3, 0.4) is 0 Å². The number of amides is 1. The average molecular weight is 454 g/mol. The van der Waals surface area contributed by atoms with Gasteiger partial charge in [0.05, 0.1) is 18.6 Å². The predicted molar refractivity (Wildman–Crippen MR) is 129 cm³/mol. The Bertz CT molecular complexity index is 1140. The van der Waals surface area contributed by atoms with Crippen LogP contribution in [0.5, 0.6) is 11.5 Å². The lowest BCUT2D eigenvalue weighted by atomic mass is 10.1. The van der Waals surface area contributed by atoms with Crippen molar-refractivity contribution in [1.29, 1.82) is 0 Å². The van der Waals surface area contributed by atoms with Crippen molar-refractivity contribution >= 4 is 62.8 Å². The lowest BCUT2D eigenvalue weighted by Gasteiger charge is -2.12. The van der Waals surface area contributed by atoms with Crippen LogP contribution in [-0.4, -0.2) is 29.7 Å². The Hall–Kier alpha value is -2.48. The summed E-state index contributed by atoms with van der Waals surface area (Å²) in [5, 5.41) is 5.11. The van der Waals surface area contributed by atoms with E-state index in [9.17, 15) is 4.79 Å². The molecule has 0 bridgehead atoms. The molecule has 0 atom stereocenters. The second-order valence-corrected chi connectivity index (χ2v) is 9.29. The first-order valence-corrected chi connectivity index (χ1v) is 11.5. The van der Waals surface area contributed by atoms with Crippen LogP contribution >= 0.6 is 35.7 Å². The van der Waals surface area contributed by atoms with Gasteiger partial charge in [0.15, 0.2) is 11.5 Å². The van der Waals surface area contributed by atoms with Crippen molar-refractivity contribution in [2.24, 2.45) is 0 Å². The summed E-state index contributed by atoms with van der Waals surface area (Å²) < 4.78 is 11.9. The Morgan fingerprint density at radius 3 is 2.73 bits per heavy atom. The minimum atomic E-state index is -0.172. The van der Waals surface area contributed by atoms with Gasteiger partial charge in [-0.25, -0.2) is 0 Å². The number of fused-ring (bicyclic) bond motifs is 1. The molecule has 0 aromatic heterocycles. The first-order chi connectivity index (χ1) is 14.6. The Kier molecular flexibility index (Phi) is 6.62. The van der Waals surface area contributed by atoms with E-state index < -0.39 is 0 Å². The van der Waals surface area contributed by atoms with Crippen molar-refractivity contribution in [3.63, 3.8) is 0 Å². The van der Waals surface area contributed by atoms with Gasteiger partial charge in [-0.05, 0) is 40.6 Å². The molecule has 4 rings (SSSR count). The maximum Gasteiger partial charge on any atom is 0.263 e. The summed E-state index contributed by atoms with van der Waals surface area (Å²) >= 11 is 8.05. The van der Waals surface area contributed by atoms with Crippen LogP contribution < -0.4 is 14.8 Å². The highest BCUT2D eigenvalue weighted by Gasteiger charge is 2.22. The maximum absolute atomic E-state index is 11.8. The number of benzene rings is 3. The van der Waals surface area contributed by atoms with Gasteiger partial charge >= 0.3 is 0 Å². The number of carbonyl (C=O) groups is 1. The highest BCUT2D eigenvalue weighted by molar-refractivity contribution is 8.26. The summed E-state index contributed by atoms with van der Waals surface area (Å²) in [6.45, 7) is 0.553. The number of thioether (sulfide) groups is 2. The second-order valence-electron chi connectivity index (χ2n) is 6.44. The summed E-state index contributed by atoms with van der Waals surface area (Å²) in [4.78, 5) is 13.7. The van der Waals surface area contributed by atoms with E-state index in [-0.39, 0.29) is 5.91 Å². The molecule has 0 saturated carbocycles. The van der Waals surface area contributed by atoms with Gasteiger partial charge < -0.3 is 14.8 Å². The fraction of sp³-hybridized carbons (Fsp3) is 0.130. The molecule has 30 heavy (non-hydrogen) atoms. The molecule has 1 saturated heterocycles. The molecular weight excluding hydrogens is 434 g/mol. The molecule has 152 valence electrons. The molecule has 0 unspecified atom stereocenters. The topological polar surface area (TPSA) is 47.6 Å². The smallest absolute Gasteiger partial charge is 0.263 e. The highest BCUT2D eigenvalue weighted by atomic mass is 32.2. The zero-order valence-corrected chi connectivity index (χ0v) is 18.7. The minimum absolute atomic E-state index is 0.172. The quantitative estimate of drug-likeness (QED) is 0.220. The molecule has 7 heteroatoms.